The minimum absolute atomic E-state index is 0.190. The molecule has 3 aliphatic heterocycles. The van der Waals surface area contributed by atoms with E-state index < -0.39 is 12.5 Å². The lowest BCUT2D eigenvalue weighted by Crippen LogP contribution is -2.39. The van der Waals surface area contributed by atoms with Crippen molar-refractivity contribution in [1.29, 1.82) is 0 Å². The third-order valence-corrected chi connectivity index (χ3v) is 6.82. The highest BCUT2D eigenvalue weighted by Gasteiger charge is 2.41. The summed E-state index contributed by atoms with van der Waals surface area (Å²) < 4.78 is 39.8. The van der Waals surface area contributed by atoms with Crippen molar-refractivity contribution >= 4 is 34.0 Å². The second-order valence-corrected chi connectivity index (χ2v) is 8.52. The molecule has 9 nitrogen and oxygen atoms in total. The van der Waals surface area contributed by atoms with E-state index >= 15 is 0 Å². The fourth-order valence-electron chi connectivity index (χ4n) is 4.21. The Hall–Kier alpha value is -3.11. The molecule has 2 aromatic heterocycles. The zero-order valence-corrected chi connectivity index (χ0v) is 17.1. The minimum Gasteiger partial charge on any atom is -0.490 e. The van der Waals surface area contributed by atoms with Crippen LogP contribution in [-0.2, 0) is 20.9 Å². The SMILES string of the molecule is NC(=O)[C@@H]1CCCN1c1cc2c(s1)-c1nc(N3C(=C=O)OC[C@H]3C(F)F)cn1CCO2. The highest BCUT2D eigenvalue weighted by Crippen LogP contribution is 2.46. The number of amides is 1. The number of rotatable bonds is 4. The van der Waals surface area contributed by atoms with Gasteiger partial charge in [0.2, 0.25) is 5.91 Å². The summed E-state index contributed by atoms with van der Waals surface area (Å²) in [4.78, 5) is 31.4. The number of carbonyl (C=O) groups excluding carboxylic acids is 2. The van der Waals surface area contributed by atoms with E-state index in [-0.39, 0.29) is 30.3 Å². The first-order valence-corrected chi connectivity index (χ1v) is 10.6. The molecular formula is C19H19F2N5O4S. The first-order chi connectivity index (χ1) is 15.0. The second kappa shape index (κ2) is 7.54. The topological polar surface area (TPSA) is 103 Å². The van der Waals surface area contributed by atoms with E-state index in [1.807, 2.05) is 11.0 Å². The van der Waals surface area contributed by atoms with Gasteiger partial charge in [0.1, 0.15) is 35.9 Å². The number of ether oxygens (including phenoxy) is 2. The molecule has 0 unspecified atom stereocenters. The lowest BCUT2D eigenvalue weighted by Gasteiger charge is -2.22. The van der Waals surface area contributed by atoms with Crippen LogP contribution < -0.4 is 20.3 Å². The maximum atomic E-state index is 13.5. The molecule has 5 rings (SSSR count). The van der Waals surface area contributed by atoms with Crippen LogP contribution >= 0.6 is 11.3 Å². The Morgan fingerprint density at radius 2 is 2.19 bits per heavy atom. The molecule has 1 amide bonds. The number of hydrogen-bond donors (Lipinski definition) is 1. The summed E-state index contributed by atoms with van der Waals surface area (Å²) in [5.41, 5.74) is 5.55. The van der Waals surface area contributed by atoms with Gasteiger partial charge in [0.15, 0.2) is 17.6 Å². The maximum absolute atomic E-state index is 13.5. The van der Waals surface area contributed by atoms with Crippen LogP contribution in [0.15, 0.2) is 18.1 Å². The van der Waals surface area contributed by atoms with Crippen LogP contribution in [-0.4, -0.2) is 59.7 Å². The number of nitrogens with zero attached hydrogens (tertiary/aromatic N) is 4. The van der Waals surface area contributed by atoms with E-state index in [1.54, 1.807) is 16.7 Å². The molecule has 5 heterocycles. The Labute approximate surface area is 179 Å². The van der Waals surface area contributed by atoms with Crippen molar-refractivity contribution in [2.24, 2.45) is 5.73 Å². The van der Waals surface area contributed by atoms with E-state index in [0.717, 1.165) is 21.2 Å². The number of primary amides is 1. The zero-order chi connectivity index (χ0) is 21.7. The summed E-state index contributed by atoms with van der Waals surface area (Å²) in [6, 6.07) is 0.181. The van der Waals surface area contributed by atoms with Crippen molar-refractivity contribution < 1.29 is 27.8 Å². The third kappa shape index (κ3) is 3.22. The molecule has 0 aromatic carbocycles. The minimum atomic E-state index is -2.72. The number of fused-ring (bicyclic) bond motifs is 3. The smallest absolute Gasteiger partial charge is 0.284 e. The number of hydrogen-bond acceptors (Lipinski definition) is 8. The highest BCUT2D eigenvalue weighted by molar-refractivity contribution is 7.19. The van der Waals surface area contributed by atoms with Gasteiger partial charge in [-0.3, -0.25) is 9.69 Å². The van der Waals surface area contributed by atoms with Gasteiger partial charge in [0.05, 0.1) is 11.5 Å². The standard InChI is InChI=1S/C19H19F2N5O4S/c20-17(21)11-9-30-14(8-27)26(11)13-7-24-4-5-29-12-6-15(31-16(12)19(24)23-13)25-3-1-2-10(25)18(22)28/h6-7,10-11,17H,1-5,9H2,(H2,22,28)/t10-,11-/m0/s1. The molecule has 0 bridgehead atoms. The predicted molar refractivity (Wildman–Crippen MR) is 108 cm³/mol. The lowest BCUT2D eigenvalue weighted by atomic mass is 10.2. The fourth-order valence-corrected chi connectivity index (χ4v) is 5.40. The average molecular weight is 451 g/mol. The van der Waals surface area contributed by atoms with Crippen LogP contribution in [0, 0.1) is 0 Å². The van der Waals surface area contributed by atoms with Gasteiger partial charge >= 0.3 is 0 Å². The molecule has 2 saturated heterocycles. The van der Waals surface area contributed by atoms with E-state index in [9.17, 15) is 18.4 Å². The molecule has 0 aliphatic carbocycles. The number of alkyl halides is 2. The van der Waals surface area contributed by atoms with Gasteiger partial charge in [0, 0.05) is 18.8 Å². The zero-order valence-electron chi connectivity index (χ0n) is 16.3. The van der Waals surface area contributed by atoms with Gasteiger partial charge in [-0.1, -0.05) is 0 Å². The van der Waals surface area contributed by atoms with Crippen LogP contribution in [0.2, 0.25) is 0 Å². The molecule has 2 N–H and O–H groups in total. The van der Waals surface area contributed by atoms with Crippen LogP contribution in [0.25, 0.3) is 10.7 Å². The number of aromatic nitrogens is 2. The van der Waals surface area contributed by atoms with Crippen molar-refractivity contribution in [2.75, 3.05) is 29.6 Å². The Bertz CT molecular complexity index is 1080. The number of nitrogens with two attached hydrogens (primary N) is 1. The van der Waals surface area contributed by atoms with Crippen molar-refractivity contribution in [3.8, 4) is 16.5 Å². The third-order valence-electron chi connectivity index (χ3n) is 5.67. The van der Waals surface area contributed by atoms with E-state index in [2.05, 4.69) is 4.98 Å². The van der Waals surface area contributed by atoms with Crippen molar-refractivity contribution in [3.63, 3.8) is 0 Å². The van der Waals surface area contributed by atoms with Gasteiger partial charge in [-0.05, 0) is 12.8 Å². The maximum Gasteiger partial charge on any atom is 0.284 e. The molecule has 31 heavy (non-hydrogen) atoms. The Morgan fingerprint density at radius 1 is 1.35 bits per heavy atom. The van der Waals surface area contributed by atoms with Gasteiger partial charge < -0.3 is 24.7 Å². The molecule has 2 aromatic rings. The van der Waals surface area contributed by atoms with E-state index in [0.29, 0.717) is 37.7 Å². The Morgan fingerprint density at radius 3 is 2.94 bits per heavy atom. The van der Waals surface area contributed by atoms with Gasteiger partial charge in [0.25, 0.3) is 12.3 Å². The van der Waals surface area contributed by atoms with Crippen LogP contribution in [0.4, 0.5) is 19.6 Å². The number of thiophene rings is 1. The Kier molecular flexibility index (Phi) is 4.82. The first kappa shape index (κ1) is 19.8. The van der Waals surface area contributed by atoms with Crippen molar-refractivity contribution in [3.05, 3.63) is 18.1 Å². The lowest BCUT2D eigenvalue weighted by molar-refractivity contribution is -0.119. The largest absolute Gasteiger partial charge is 0.490 e. The van der Waals surface area contributed by atoms with Gasteiger partial charge in [-0.15, -0.1) is 11.3 Å². The molecule has 3 aliphatic rings. The summed E-state index contributed by atoms with van der Waals surface area (Å²) in [7, 11) is 0. The Balaban J connectivity index is 1.54. The van der Waals surface area contributed by atoms with Crippen LogP contribution in [0.3, 0.4) is 0 Å². The number of carbonyl (C=O) groups is 1. The molecule has 2 atom stereocenters. The van der Waals surface area contributed by atoms with Gasteiger partial charge in [-0.25, -0.2) is 18.6 Å². The molecule has 2 fully saturated rings. The monoisotopic (exact) mass is 451 g/mol. The predicted octanol–water partition coefficient (Wildman–Crippen LogP) is 1.60. The van der Waals surface area contributed by atoms with Crippen molar-refractivity contribution in [2.45, 2.75) is 37.9 Å². The first-order valence-electron chi connectivity index (χ1n) is 9.83. The van der Waals surface area contributed by atoms with Crippen LogP contribution in [0.5, 0.6) is 5.75 Å². The van der Waals surface area contributed by atoms with E-state index in [4.69, 9.17) is 15.2 Å². The summed E-state index contributed by atoms with van der Waals surface area (Å²) in [6.07, 6.45) is 0.444. The number of halogens is 2. The normalized spacial score (nSPS) is 22.6. The molecule has 0 radical (unpaired) electrons. The van der Waals surface area contributed by atoms with Gasteiger partial charge in [-0.2, -0.15) is 0 Å². The summed E-state index contributed by atoms with van der Waals surface area (Å²) in [5.74, 6) is 2.25. The average Bonchev–Trinajstić information content (AvgIpc) is 3.50. The molecule has 0 saturated carbocycles. The molecule has 164 valence electrons. The van der Waals surface area contributed by atoms with Crippen LogP contribution in [0.1, 0.15) is 12.8 Å². The highest BCUT2D eigenvalue weighted by atomic mass is 32.1. The molecular weight excluding hydrogens is 432 g/mol. The fraction of sp³-hybridized carbons (Fsp3) is 0.474. The summed E-state index contributed by atoms with van der Waals surface area (Å²) >= 11 is 1.41. The molecule has 12 heteroatoms. The summed E-state index contributed by atoms with van der Waals surface area (Å²) in [6.45, 7) is 1.21. The van der Waals surface area contributed by atoms with E-state index in [1.165, 1.54) is 11.3 Å². The second-order valence-electron chi connectivity index (χ2n) is 7.49. The summed E-state index contributed by atoms with van der Waals surface area (Å²) in [5, 5.41) is 0.840. The number of imidazole rings is 1. The molecule has 0 spiro atoms. The van der Waals surface area contributed by atoms with Crippen molar-refractivity contribution in [1.82, 2.24) is 9.55 Å². The quantitative estimate of drug-likeness (QED) is 0.705. The number of anilines is 2.